The van der Waals surface area contributed by atoms with E-state index in [-0.39, 0.29) is 17.4 Å². The molecule has 0 unspecified atom stereocenters. The zero-order valence-electron chi connectivity index (χ0n) is 15.8. The first-order chi connectivity index (χ1) is 13.9. The smallest absolute Gasteiger partial charge is 0.281 e. The SMILES string of the molecule is C=C1C(=O)N=C(n2nc(-c3cccs3)cc2NC(=O)c2ccc(C)cc2)N=C1C. The van der Waals surface area contributed by atoms with Gasteiger partial charge in [-0.3, -0.25) is 9.59 Å². The van der Waals surface area contributed by atoms with E-state index >= 15 is 0 Å². The van der Waals surface area contributed by atoms with Crippen molar-refractivity contribution < 1.29 is 9.59 Å². The number of hydrogen-bond acceptors (Lipinski definition) is 5. The van der Waals surface area contributed by atoms with E-state index in [0.29, 0.717) is 22.8 Å². The minimum absolute atomic E-state index is 0.0851. The van der Waals surface area contributed by atoms with E-state index in [1.165, 1.54) is 16.0 Å². The number of aromatic nitrogens is 2. The molecule has 8 heteroatoms. The molecule has 0 radical (unpaired) electrons. The maximum absolute atomic E-state index is 12.7. The number of rotatable bonds is 3. The number of nitrogens with one attached hydrogen (secondary N) is 1. The number of hydrogen-bond donors (Lipinski definition) is 1. The topological polar surface area (TPSA) is 88.7 Å². The van der Waals surface area contributed by atoms with Crippen LogP contribution in [0, 0.1) is 6.92 Å². The average Bonchev–Trinajstić information content (AvgIpc) is 3.36. The van der Waals surface area contributed by atoms with Gasteiger partial charge in [0.15, 0.2) is 0 Å². The van der Waals surface area contributed by atoms with Crippen molar-refractivity contribution in [2.75, 3.05) is 5.32 Å². The predicted molar refractivity (Wildman–Crippen MR) is 115 cm³/mol. The molecule has 0 saturated carbocycles. The number of aryl methyl sites for hydroxylation is 1. The molecule has 1 aliphatic rings. The summed E-state index contributed by atoms with van der Waals surface area (Å²) in [5.74, 6) is -0.315. The number of aliphatic imine (C=N–C) groups is 2. The number of carbonyl (C=O) groups excluding carboxylic acids is 2. The summed E-state index contributed by atoms with van der Waals surface area (Å²) in [5.41, 5.74) is 2.92. The van der Waals surface area contributed by atoms with Gasteiger partial charge in [-0.05, 0) is 37.4 Å². The van der Waals surface area contributed by atoms with E-state index in [4.69, 9.17) is 0 Å². The van der Waals surface area contributed by atoms with Crippen molar-refractivity contribution in [1.29, 1.82) is 0 Å². The first-order valence-electron chi connectivity index (χ1n) is 8.82. The maximum atomic E-state index is 12.7. The average molecular weight is 403 g/mol. The summed E-state index contributed by atoms with van der Waals surface area (Å²) in [5, 5.41) is 9.31. The Bertz CT molecular complexity index is 1180. The van der Waals surface area contributed by atoms with Crippen LogP contribution in [0.15, 0.2) is 70.0 Å². The van der Waals surface area contributed by atoms with Gasteiger partial charge in [-0.2, -0.15) is 14.8 Å². The largest absolute Gasteiger partial charge is 0.306 e. The highest BCUT2D eigenvalue weighted by Gasteiger charge is 2.22. The van der Waals surface area contributed by atoms with Crippen LogP contribution in [0.25, 0.3) is 10.6 Å². The minimum atomic E-state index is -0.475. The molecule has 3 heterocycles. The Morgan fingerprint density at radius 3 is 2.55 bits per heavy atom. The van der Waals surface area contributed by atoms with Crippen LogP contribution >= 0.6 is 11.3 Å². The Kier molecular flexibility index (Phi) is 4.77. The highest BCUT2D eigenvalue weighted by Crippen LogP contribution is 2.27. The lowest BCUT2D eigenvalue weighted by Gasteiger charge is -2.12. The zero-order chi connectivity index (χ0) is 20.5. The van der Waals surface area contributed by atoms with E-state index in [0.717, 1.165) is 10.4 Å². The molecule has 144 valence electrons. The molecule has 29 heavy (non-hydrogen) atoms. The second kappa shape index (κ2) is 7.40. The Labute approximate surface area is 171 Å². The second-order valence-electron chi connectivity index (χ2n) is 6.52. The summed E-state index contributed by atoms with van der Waals surface area (Å²) in [6, 6.07) is 12.8. The fraction of sp³-hybridized carbons (Fsp3) is 0.0952. The molecule has 7 nitrogen and oxygen atoms in total. The number of nitrogens with zero attached hydrogens (tertiary/aromatic N) is 4. The van der Waals surface area contributed by atoms with Crippen molar-refractivity contribution in [3.05, 3.63) is 71.1 Å². The van der Waals surface area contributed by atoms with Crippen LogP contribution in [0.3, 0.4) is 0 Å². The number of amides is 2. The van der Waals surface area contributed by atoms with Crippen LogP contribution in [0.1, 0.15) is 22.8 Å². The van der Waals surface area contributed by atoms with Gasteiger partial charge in [-0.25, -0.2) is 4.99 Å². The van der Waals surface area contributed by atoms with Crippen LogP contribution < -0.4 is 5.32 Å². The lowest BCUT2D eigenvalue weighted by atomic mass is 10.1. The van der Waals surface area contributed by atoms with Gasteiger partial charge in [-0.15, -0.1) is 11.3 Å². The summed E-state index contributed by atoms with van der Waals surface area (Å²) >= 11 is 1.52. The lowest BCUT2D eigenvalue weighted by Crippen LogP contribution is -2.25. The highest BCUT2D eigenvalue weighted by molar-refractivity contribution is 7.13. The molecule has 0 bridgehead atoms. The molecular weight excluding hydrogens is 386 g/mol. The number of thiophene rings is 1. The van der Waals surface area contributed by atoms with Gasteiger partial charge in [0.05, 0.1) is 16.2 Å². The Hall–Kier alpha value is -3.65. The van der Waals surface area contributed by atoms with Gasteiger partial charge in [-0.1, -0.05) is 30.3 Å². The van der Waals surface area contributed by atoms with Crippen molar-refractivity contribution in [3.8, 4) is 10.6 Å². The van der Waals surface area contributed by atoms with Crippen LogP contribution in [0.2, 0.25) is 0 Å². The monoisotopic (exact) mass is 403 g/mol. The summed E-state index contributed by atoms with van der Waals surface area (Å²) in [4.78, 5) is 34.1. The summed E-state index contributed by atoms with van der Waals surface area (Å²) in [7, 11) is 0. The molecule has 0 fully saturated rings. The molecule has 2 aromatic heterocycles. The fourth-order valence-electron chi connectivity index (χ4n) is 2.71. The molecule has 0 saturated heterocycles. The van der Waals surface area contributed by atoms with Crippen molar-refractivity contribution in [2.24, 2.45) is 9.98 Å². The van der Waals surface area contributed by atoms with Crippen LogP contribution in [0.5, 0.6) is 0 Å². The third-order valence-electron chi connectivity index (χ3n) is 4.39. The van der Waals surface area contributed by atoms with Gasteiger partial charge < -0.3 is 5.32 Å². The lowest BCUT2D eigenvalue weighted by molar-refractivity contribution is -0.113. The highest BCUT2D eigenvalue weighted by atomic mass is 32.1. The maximum Gasteiger partial charge on any atom is 0.281 e. The first kappa shape index (κ1) is 18.7. The van der Waals surface area contributed by atoms with Gasteiger partial charge in [0, 0.05) is 11.6 Å². The Balaban J connectivity index is 1.75. The van der Waals surface area contributed by atoms with Gasteiger partial charge in [0.2, 0.25) is 0 Å². The van der Waals surface area contributed by atoms with Crippen LogP contribution in [-0.2, 0) is 4.79 Å². The van der Waals surface area contributed by atoms with Crippen LogP contribution in [0.4, 0.5) is 5.82 Å². The standard InChI is InChI=1S/C21H17N5O2S/c1-12-6-8-15(9-7-12)20(28)23-18-11-16(17-5-4-10-29-17)25-26(18)21-22-14(3)13(2)19(27)24-21/h4-11H,2H2,1,3H3,(H,23,28). The van der Waals surface area contributed by atoms with E-state index in [1.807, 2.05) is 36.6 Å². The fourth-order valence-corrected chi connectivity index (χ4v) is 3.39. The predicted octanol–water partition coefficient (Wildman–Crippen LogP) is 3.93. The molecular formula is C21H17N5O2S. The first-order valence-corrected chi connectivity index (χ1v) is 9.70. The Morgan fingerprint density at radius 2 is 1.90 bits per heavy atom. The van der Waals surface area contributed by atoms with E-state index in [9.17, 15) is 9.59 Å². The van der Waals surface area contributed by atoms with Gasteiger partial charge in [0.1, 0.15) is 11.5 Å². The molecule has 3 aromatic rings. The normalized spacial score (nSPS) is 13.9. The van der Waals surface area contributed by atoms with Crippen molar-refractivity contribution in [1.82, 2.24) is 9.78 Å². The van der Waals surface area contributed by atoms with Crippen LogP contribution in [-0.4, -0.2) is 33.3 Å². The van der Waals surface area contributed by atoms with E-state index in [1.54, 1.807) is 25.1 Å². The molecule has 0 aliphatic carbocycles. The van der Waals surface area contributed by atoms with Crippen molar-refractivity contribution >= 4 is 40.6 Å². The second-order valence-corrected chi connectivity index (χ2v) is 7.46. The summed E-state index contributed by atoms with van der Waals surface area (Å²) < 4.78 is 1.37. The molecule has 1 aliphatic heterocycles. The molecule has 1 N–H and O–H groups in total. The molecule has 4 rings (SSSR count). The van der Waals surface area contributed by atoms with Gasteiger partial charge in [0.25, 0.3) is 17.8 Å². The third-order valence-corrected chi connectivity index (χ3v) is 5.28. The summed E-state index contributed by atoms with van der Waals surface area (Å²) in [6.07, 6.45) is 0. The number of carbonyl (C=O) groups is 2. The van der Waals surface area contributed by atoms with Crippen molar-refractivity contribution in [3.63, 3.8) is 0 Å². The zero-order valence-corrected chi connectivity index (χ0v) is 16.7. The molecule has 2 amide bonds. The summed E-state index contributed by atoms with van der Waals surface area (Å²) in [6.45, 7) is 7.32. The molecule has 0 spiro atoms. The molecule has 1 aromatic carbocycles. The number of benzene rings is 1. The van der Waals surface area contributed by atoms with E-state index < -0.39 is 5.91 Å². The van der Waals surface area contributed by atoms with Crippen molar-refractivity contribution in [2.45, 2.75) is 13.8 Å². The van der Waals surface area contributed by atoms with E-state index in [2.05, 4.69) is 27.0 Å². The Morgan fingerprint density at radius 1 is 1.14 bits per heavy atom. The minimum Gasteiger partial charge on any atom is -0.306 e. The quantitative estimate of drug-likeness (QED) is 0.672. The van der Waals surface area contributed by atoms with Gasteiger partial charge >= 0.3 is 0 Å². The molecule has 0 atom stereocenters. The third kappa shape index (κ3) is 3.70. The number of anilines is 1.